The summed E-state index contributed by atoms with van der Waals surface area (Å²) in [7, 11) is 0. The lowest BCUT2D eigenvalue weighted by atomic mass is 10.1. The van der Waals surface area contributed by atoms with Crippen LogP contribution in [-0.2, 0) is 4.79 Å². The molecule has 4 nitrogen and oxygen atoms in total. The molecule has 1 atom stereocenters. The van der Waals surface area contributed by atoms with Crippen LogP contribution in [0.25, 0.3) is 0 Å². The van der Waals surface area contributed by atoms with Gasteiger partial charge in [0.1, 0.15) is 6.04 Å². The molecule has 3 N–H and O–H groups in total. The molecule has 0 aliphatic rings. The summed E-state index contributed by atoms with van der Waals surface area (Å²) in [5, 5.41) is 8.93. The topological polar surface area (TPSA) is 66.6 Å². The number of benzene rings is 1. The van der Waals surface area contributed by atoms with Crippen molar-refractivity contribution in [3.8, 4) is 0 Å². The summed E-state index contributed by atoms with van der Waals surface area (Å²) in [5.74, 6) is -0.132. The van der Waals surface area contributed by atoms with Gasteiger partial charge in [0, 0.05) is 13.1 Å². The first kappa shape index (κ1) is 13.7. The van der Waals surface area contributed by atoms with Gasteiger partial charge in [-0.25, -0.2) is 0 Å². The fourth-order valence-electron chi connectivity index (χ4n) is 1.72. The average Bonchev–Trinajstić information content (AvgIpc) is 2.38. The lowest BCUT2D eigenvalue weighted by molar-refractivity contribution is -0.133. The molecule has 0 saturated carbocycles. The molecule has 0 aliphatic heterocycles. The van der Waals surface area contributed by atoms with Gasteiger partial charge in [-0.2, -0.15) is 0 Å². The van der Waals surface area contributed by atoms with Crippen LogP contribution < -0.4 is 5.73 Å². The molecular weight excluding hydrogens is 216 g/mol. The number of rotatable bonds is 6. The molecule has 17 heavy (non-hydrogen) atoms. The fraction of sp³-hybridized carbons (Fsp3) is 0.462. The van der Waals surface area contributed by atoms with Crippen molar-refractivity contribution in [1.29, 1.82) is 0 Å². The third kappa shape index (κ3) is 3.84. The summed E-state index contributed by atoms with van der Waals surface area (Å²) in [6.45, 7) is 2.92. The maximum atomic E-state index is 12.1. The summed E-state index contributed by atoms with van der Waals surface area (Å²) >= 11 is 0. The number of nitrogens with zero attached hydrogens (tertiary/aromatic N) is 1. The summed E-state index contributed by atoms with van der Waals surface area (Å²) in [5.41, 5.74) is 6.73. The van der Waals surface area contributed by atoms with Crippen molar-refractivity contribution in [2.75, 3.05) is 19.7 Å². The van der Waals surface area contributed by atoms with E-state index < -0.39 is 6.04 Å². The fourth-order valence-corrected chi connectivity index (χ4v) is 1.72. The third-order valence-electron chi connectivity index (χ3n) is 2.60. The van der Waals surface area contributed by atoms with E-state index in [9.17, 15) is 4.79 Å². The predicted molar refractivity (Wildman–Crippen MR) is 67.3 cm³/mol. The molecule has 1 aromatic carbocycles. The van der Waals surface area contributed by atoms with Crippen LogP contribution in [0.1, 0.15) is 24.9 Å². The largest absolute Gasteiger partial charge is 0.395 e. The second-order valence-corrected chi connectivity index (χ2v) is 3.94. The van der Waals surface area contributed by atoms with Gasteiger partial charge in [0.25, 0.3) is 0 Å². The van der Waals surface area contributed by atoms with Crippen LogP contribution in [0, 0.1) is 0 Å². The Labute approximate surface area is 102 Å². The maximum absolute atomic E-state index is 12.1. The van der Waals surface area contributed by atoms with Gasteiger partial charge in [-0.05, 0) is 12.0 Å². The van der Waals surface area contributed by atoms with Crippen molar-refractivity contribution in [3.63, 3.8) is 0 Å². The zero-order valence-electron chi connectivity index (χ0n) is 10.2. The zero-order valence-corrected chi connectivity index (χ0v) is 10.2. The van der Waals surface area contributed by atoms with Gasteiger partial charge >= 0.3 is 0 Å². The number of nitrogens with two attached hydrogens (primary N) is 1. The van der Waals surface area contributed by atoms with Crippen LogP contribution >= 0.6 is 0 Å². The minimum absolute atomic E-state index is 0.0345. The van der Waals surface area contributed by atoms with E-state index in [0.717, 1.165) is 12.0 Å². The summed E-state index contributed by atoms with van der Waals surface area (Å²) in [6, 6.07) is 8.64. The molecule has 1 amide bonds. The Kier molecular flexibility index (Phi) is 5.66. The van der Waals surface area contributed by atoms with E-state index >= 15 is 0 Å². The molecule has 0 saturated heterocycles. The minimum atomic E-state index is -0.644. The summed E-state index contributed by atoms with van der Waals surface area (Å²) in [4.78, 5) is 13.7. The van der Waals surface area contributed by atoms with E-state index in [2.05, 4.69) is 0 Å². The molecule has 94 valence electrons. The molecule has 0 heterocycles. The van der Waals surface area contributed by atoms with Gasteiger partial charge in [-0.1, -0.05) is 37.3 Å². The van der Waals surface area contributed by atoms with E-state index in [1.54, 1.807) is 4.90 Å². The number of aliphatic hydroxyl groups is 1. The Morgan fingerprint density at radius 3 is 2.53 bits per heavy atom. The zero-order chi connectivity index (χ0) is 12.7. The molecule has 0 aliphatic carbocycles. The number of hydrogen-bond donors (Lipinski definition) is 2. The van der Waals surface area contributed by atoms with Gasteiger partial charge in [0.2, 0.25) is 5.91 Å². The SMILES string of the molecule is CCCN(CCO)C(=O)C(N)c1ccccc1. The number of carbonyl (C=O) groups excluding carboxylic acids is 1. The van der Waals surface area contributed by atoms with E-state index in [1.807, 2.05) is 37.3 Å². The third-order valence-corrected chi connectivity index (χ3v) is 2.60. The molecule has 1 unspecified atom stereocenters. The van der Waals surface area contributed by atoms with Crippen molar-refractivity contribution in [3.05, 3.63) is 35.9 Å². The van der Waals surface area contributed by atoms with Gasteiger partial charge in [-0.3, -0.25) is 4.79 Å². The van der Waals surface area contributed by atoms with Crippen LogP contribution in [0.5, 0.6) is 0 Å². The monoisotopic (exact) mass is 236 g/mol. The number of carbonyl (C=O) groups is 1. The molecular formula is C13H20N2O2. The predicted octanol–water partition coefficient (Wildman–Crippen LogP) is 0.917. The number of hydrogen-bond acceptors (Lipinski definition) is 3. The molecule has 1 aromatic rings. The van der Waals surface area contributed by atoms with Gasteiger partial charge in [-0.15, -0.1) is 0 Å². The Bertz CT molecular complexity index is 335. The normalized spacial score (nSPS) is 12.2. The molecule has 0 spiro atoms. The molecule has 0 radical (unpaired) electrons. The second-order valence-electron chi connectivity index (χ2n) is 3.94. The number of aliphatic hydroxyl groups excluding tert-OH is 1. The molecule has 1 rings (SSSR count). The maximum Gasteiger partial charge on any atom is 0.244 e. The van der Waals surface area contributed by atoms with Crippen molar-refractivity contribution < 1.29 is 9.90 Å². The van der Waals surface area contributed by atoms with Gasteiger partial charge in [0.05, 0.1) is 6.61 Å². The highest BCUT2D eigenvalue weighted by Gasteiger charge is 2.21. The van der Waals surface area contributed by atoms with Crippen molar-refractivity contribution in [1.82, 2.24) is 4.90 Å². The van der Waals surface area contributed by atoms with Gasteiger partial charge in [0.15, 0.2) is 0 Å². The van der Waals surface area contributed by atoms with E-state index in [1.165, 1.54) is 0 Å². The van der Waals surface area contributed by atoms with Gasteiger partial charge < -0.3 is 15.7 Å². The Morgan fingerprint density at radius 2 is 2.00 bits per heavy atom. The van der Waals surface area contributed by atoms with Crippen molar-refractivity contribution in [2.45, 2.75) is 19.4 Å². The van der Waals surface area contributed by atoms with E-state index in [0.29, 0.717) is 13.1 Å². The van der Waals surface area contributed by atoms with Crippen LogP contribution in [0.2, 0.25) is 0 Å². The van der Waals surface area contributed by atoms with Crippen LogP contribution in [0.15, 0.2) is 30.3 Å². The molecule has 4 heteroatoms. The molecule has 0 aromatic heterocycles. The minimum Gasteiger partial charge on any atom is -0.395 e. The van der Waals surface area contributed by atoms with E-state index in [-0.39, 0.29) is 12.5 Å². The highest BCUT2D eigenvalue weighted by molar-refractivity contribution is 5.83. The second kappa shape index (κ2) is 7.04. The van der Waals surface area contributed by atoms with Crippen LogP contribution in [0.4, 0.5) is 0 Å². The Balaban J connectivity index is 2.73. The standard InChI is InChI=1S/C13H20N2O2/c1-2-8-15(9-10-16)13(17)12(14)11-6-4-3-5-7-11/h3-7,12,16H,2,8-10,14H2,1H3. The van der Waals surface area contributed by atoms with E-state index in [4.69, 9.17) is 10.8 Å². The molecule has 0 bridgehead atoms. The first-order valence-corrected chi connectivity index (χ1v) is 5.90. The quantitative estimate of drug-likeness (QED) is 0.771. The molecule has 0 fully saturated rings. The first-order chi connectivity index (χ1) is 8.20. The lowest BCUT2D eigenvalue weighted by Gasteiger charge is -2.24. The highest BCUT2D eigenvalue weighted by atomic mass is 16.3. The lowest BCUT2D eigenvalue weighted by Crippen LogP contribution is -2.40. The van der Waals surface area contributed by atoms with Crippen molar-refractivity contribution in [2.24, 2.45) is 5.73 Å². The first-order valence-electron chi connectivity index (χ1n) is 5.90. The van der Waals surface area contributed by atoms with Crippen LogP contribution in [-0.4, -0.2) is 35.6 Å². The average molecular weight is 236 g/mol. The number of amides is 1. The Morgan fingerprint density at radius 1 is 1.35 bits per heavy atom. The van der Waals surface area contributed by atoms with Crippen molar-refractivity contribution >= 4 is 5.91 Å². The smallest absolute Gasteiger partial charge is 0.244 e. The van der Waals surface area contributed by atoms with Crippen LogP contribution in [0.3, 0.4) is 0 Å². The summed E-state index contributed by atoms with van der Waals surface area (Å²) < 4.78 is 0. The summed E-state index contributed by atoms with van der Waals surface area (Å²) in [6.07, 6.45) is 0.854. The highest BCUT2D eigenvalue weighted by Crippen LogP contribution is 2.12. The Hall–Kier alpha value is -1.39.